The Balaban J connectivity index is 0.000000341. The van der Waals surface area contributed by atoms with Gasteiger partial charge in [0.2, 0.25) is 0 Å². The van der Waals surface area contributed by atoms with Gasteiger partial charge in [-0.25, -0.2) is 33.6 Å². The molecule has 0 radical (unpaired) electrons. The van der Waals surface area contributed by atoms with Crippen LogP contribution >= 0.6 is 0 Å². The van der Waals surface area contributed by atoms with Crippen LogP contribution < -0.4 is 4.74 Å². The molecule has 8 unspecified atom stereocenters. The van der Waals surface area contributed by atoms with Crippen LogP contribution in [0.2, 0.25) is 0 Å². The van der Waals surface area contributed by atoms with Crippen molar-refractivity contribution in [3.63, 3.8) is 0 Å². The van der Waals surface area contributed by atoms with Gasteiger partial charge >= 0.3 is 72.0 Å². The van der Waals surface area contributed by atoms with Crippen molar-refractivity contribution in [2.75, 3.05) is 39.6 Å². The first-order valence-electron chi connectivity index (χ1n) is 25.0. The molecule has 23 nitrogen and oxygen atoms in total. The molecular weight excluding hydrogens is 1100 g/mol. The number of fused-ring (bicyclic) bond motifs is 1. The van der Waals surface area contributed by atoms with Gasteiger partial charge < -0.3 is 56.8 Å². The van der Waals surface area contributed by atoms with Crippen LogP contribution in [-0.4, -0.2) is 142 Å². The second kappa shape index (κ2) is 32.6. The summed E-state index contributed by atoms with van der Waals surface area (Å²) in [7, 11) is 0. The molecule has 8 atom stereocenters. The Bertz CT molecular complexity index is 2620. The van der Waals surface area contributed by atoms with E-state index in [4.69, 9.17) is 37.9 Å². The molecule has 4 heterocycles. The van der Waals surface area contributed by atoms with Gasteiger partial charge in [0.15, 0.2) is 24.9 Å². The number of rotatable bonds is 16. The lowest BCUT2D eigenvalue weighted by Crippen LogP contribution is -2.37. The summed E-state index contributed by atoms with van der Waals surface area (Å²) in [5.41, 5.74) is 1.38. The second-order valence-corrected chi connectivity index (χ2v) is 19.0. The first kappa shape index (κ1) is 69.5. The third-order valence-electron chi connectivity index (χ3n) is 11.6. The zero-order valence-electron chi connectivity index (χ0n) is 46.5. The topological polar surface area (TPSA) is 299 Å². The number of hydrogen-bond acceptors (Lipinski definition) is 23. The average molecular weight is 1170 g/mol. The minimum absolute atomic E-state index is 0.0113. The van der Waals surface area contributed by atoms with Gasteiger partial charge in [0, 0.05) is 46.6 Å². The SMILES string of the molecule is C=C(C)C(=O)OC1(CC)COC(=O)C1.C=C(C)C(=O)OC1COC(=O)C1.C=C(C)C(=O)OCC(=O)OC1C2CC3C(=O)OC1C3C2.C=C(C)C(=O)OCC(F)(F)F.C=C(C)C(=O)OCC1COC(=O)O1.C=Cc1ccc(OC(C)=O)cc1. The summed E-state index contributed by atoms with van der Waals surface area (Å²) in [5, 5.41) is 0. The fourth-order valence-electron chi connectivity index (χ4n) is 7.39. The normalized spacial score (nSPS) is 22.5. The largest absolute Gasteiger partial charge is 0.508 e. The highest BCUT2D eigenvalue weighted by Gasteiger charge is 2.63. The van der Waals surface area contributed by atoms with Crippen molar-refractivity contribution in [1.82, 2.24) is 0 Å². The highest BCUT2D eigenvalue weighted by molar-refractivity contribution is 5.90. The Morgan fingerprint density at radius 2 is 1.27 bits per heavy atom. The molecule has 450 valence electrons. The third-order valence-corrected chi connectivity index (χ3v) is 11.6. The quantitative estimate of drug-likeness (QED) is 0.0712. The van der Waals surface area contributed by atoms with E-state index in [1.54, 1.807) is 39.0 Å². The van der Waals surface area contributed by atoms with Crippen LogP contribution in [0.1, 0.15) is 86.1 Å². The molecule has 6 aliphatic rings. The summed E-state index contributed by atoms with van der Waals surface area (Å²) < 4.78 is 91.4. The molecular formula is C56H67F3O23. The molecule has 2 bridgehead atoms. The number of halogens is 3. The van der Waals surface area contributed by atoms with E-state index in [9.17, 15) is 65.9 Å². The first-order chi connectivity index (χ1) is 38.2. The van der Waals surface area contributed by atoms with Gasteiger partial charge in [-0.3, -0.25) is 19.2 Å². The highest BCUT2D eigenvalue weighted by Crippen LogP contribution is 2.55. The molecule has 0 N–H and O–H groups in total. The van der Waals surface area contributed by atoms with Crippen molar-refractivity contribution >= 4 is 71.9 Å². The zero-order chi connectivity index (χ0) is 62.2. The standard InChI is InChI=1S/C14H16O6.C10H14O4.C10H10O2.C8H10O5.C8H10O4.C6H7F3O2/c1-6(2)13(16)18-5-10(15)19-11-7-3-8-9(4-7)14(17)20-12(8)11;1-4-10(5-8(11)13-6-10)14-9(12)7(2)3;1-3-9-4-6-10(7-5-9)12-8(2)11;1-5(2)7(9)11-3-6-4-12-8(10)13-6;1-5(2)8(10)12-6-3-7(9)11-4-6;1-4(2)5(10)11-3-6(7,8)9/h7-9,11-12H,1,3-5H2,2H3;2,4-6H2,1,3H3;3-7H,1H2,2H3;6H,1,3-4H2,2H3;6H,1,3-4H2,2H3;1,3H2,2H3. The number of esters is 10. The van der Waals surface area contributed by atoms with Crippen LogP contribution in [0.25, 0.3) is 6.08 Å². The Labute approximate surface area is 470 Å². The molecule has 2 aliphatic carbocycles. The summed E-state index contributed by atoms with van der Waals surface area (Å²) in [5.74, 6) is -3.90. The van der Waals surface area contributed by atoms with E-state index in [1.165, 1.54) is 20.8 Å². The molecule has 4 aliphatic heterocycles. The van der Waals surface area contributed by atoms with Crippen LogP contribution in [0.5, 0.6) is 5.75 Å². The van der Waals surface area contributed by atoms with Gasteiger partial charge in [0.1, 0.15) is 50.5 Å². The van der Waals surface area contributed by atoms with Gasteiger partial charge in [0.25, 0.3) is 0 Å². The Morgan fingerprint density at radius 1 is 0.695 bits per heavy atom. The van der Waals surface area contributed by atoms with Crippen LogP contribution in [0.3, 0.4) is 0 Å². The monoisotopic (exact) mass is 1160 g/mol. The Morgan fingerprint density at radius 3 is 1.73 bits per heavy atom. The van der Waals surface area contributed by atoms with Gasteiger partial charge in [-0.1, -0.05) is 64.6 Å². The predicted octanol–water partition coefficient (Wildman–Crippen LogP) is 6.79. The molecule has 6 fully saturated rings. The summed E-state index contributed by atoms with van der Waals surface area (Å²) >= 11 is 0. The summed E-state index contributed by atoms with van der Waals surface area (Å²) in [6, 6.07) is 7.15. The molecule has 26 heteroatoms. The Hall–Kier alpha value is -8.58. The number of carbonyl (C=O) groups is 11. The molecule has 82 heavy (non-hydrogen) atoms. The number of cyclic esters (lactones) is 4. The molecule has 1 aromatic carbocycles. The third kappa shape index (κ3) is 24.4. The number of alkyl halides is 3. The van der Waals surface area contributed by atoms with E-state index < -0.39 is 85.3 Å². The van der Waals surface area contributed by atoms with Gasteiger partial charge in [0.05, 0.1) is 18.8 Å². The number of hydrogen-bond donors (Lipinski definition) is 0. The van der Waals surface area contributed by atoms with Crippen LogP contribution in [0.15, 0.2) is 91.6 Å². The molecule has 1 aromatic rings. The van der Waals surface area contributed by atoms with E-state index in [0.29, 0.717) is 28.9 Å². The van der Waals surface area contributed by atoms with Crippen LogP contribution in [0.4, 0.5) is 18.0 Å². The maximum atomic E-state index is 11.7. The van der Waals surface area contributed by atoms with Gasteiger partial charge in [-0.15, -0.1) is 0 Å². The fraction of sp³-hybridized carbons (Fsp3) is 0.482. The Kier molecular flexibility index (Phi) is 27.7. The molecule has 7 rings (SSSR count). The lowest BCUT2D eigenvalue weighted by molar-refractivity contribution is -0.183. The lowest BCUT2D eigenvalue weighted by Gasteiger charge is -2.25. The summed E-state index contributed by atoms with van der Waals surface area (Å²) in [6.07, 6.45) is -2.63. The highest BCUT2D eigenvalue weighted by atomic mass is 19.4. The van der Waals surface area contributed by atoms with Gasteiger partial charge in [-0.2, -0.15) is 13.2 Å². The van der Waals surface area contributed by atoms with Crippen molar-refractivity contribution in [3.8, 4) is 5.75 Å². The summed E-state index contributed by atoms with van der Waals surface area (Å²) in [6.45, 7) is 29.6. The molecule has 4 saturated heterocycles. The van der Waals surface area contributed by atoms with E-state index in [1.807, 2.05) is 19.1 Å². The lowest BCUT2D eigenvalue weighted by atomic mass is 9.88. The number of benzene rings is 1. The second-order valence-electron chi connectivity index (χ2n) is 19.0. The van der Waals surface area contributed by atoms with E-state index >= 15 is 0 Å². The average Bonchev–Trinajstić information content (AvgIpc) is 3.44. The van der Waals surface area contributed by atoms with Crippen molar-refractivity contribution in [2.24, 2.45) is 17.8 Å². The minimum Gasteiger partial charge on any atom is -0.462 e. The van der Waals surface area contributed by atoms with E-state index in [2.05, 4.69) is 58.4 Å². The predicted molar refractivity (Wildman–Crippen MR) is 277 cm³/mol. The number of ether oxygens (including phenoxy) is 12. The van der Waals surface area contributed by atoms with Crippen LogP contribution in [-0.2, 0) is 100 Å². The van der Waals surface area contributed by atoms with E-state index in [-0.39, 0.29) is 98.2 Å². The van der Waals surface area contributed by atoms with Crippen molar-refractivity contribution in [1.29, 1.82) is 0 Å². The molecule has 0 amide bonds. The molecule has 0 aromatic heterocycles. The van der Waals surface area contributed by atoms with Crippen molar-refractivity contribution in [3.05, 3.63) is 97.2 Å². The zero-order valence-corrected chi connectivity index (χ0v) is 46.5. The molecule has 2 saturated carbocycles. The smallest absolute Gasteiger partial charge is 0.462 e. The van der Waals surface area contributed by atoms with Crippen molar-refractivity contribution in [2.45, 2.75) is 117 Å². The summed E-state index contributed by atoms with van der Waals surface area (Å²) in [4.78, 5) is 120. The fourth-order valence-corrected chi connectivity index (χ4v) is 7.39. The maximum Gasteiger partial charge on any atom is 0.508 e. The van der Waals surface area contributed by atoms with Crippen molar-refractivity contribution < 1.29 is 123 Å². The van der Waals surface area contributed by atoms with E-state index in [0.717, 1.165) is 18.4 Å². The van der Waals surface area contributed by atoms with Gasteiger partial charge in [-0.05, 0) is 71.6 Å². The molecule has 0 spiro atoms. The van der Waals surface area contributed by atoms with Crippen LogP contribution in [0, 0.1) is 17.8 Å². The first-order valence-corrected chi connectivity index (χ1v) is 25.0. The minimum atomic E-state index is -4.47. The maximum absolute atomic E-state index is 11.7. The number of carbonyl (C=O) groups excluding carboxylic acids is 11.